The van der Waals surface area contributed by atoms with Crippen molar-refractivity contribution in [2.24, 2.45) is 5.92 Å². The molecule has 1 heterocycles. The molecule has 0 aromatic carbocycles. The van der Waals surface area contributed by atoms with Crippen LogP contribution in [0.15, 0.2) is 0 Å². The molecule has 1 rings (SSSR count). The number of amides is 1. The quantitative estimate of drug-likeness (QED) is 0.592. The molecule has 1 aliphatic rings. The van der Waals surface area contributed by atoms with E-state index in [9.17, 15) is 4.79 Å². The fourth-order valence-corrected chi connectivity index (χ4v) is 1.61. The maximum Gasteiger partial charge on any atom is 0.240 e. The van der Waals surface area contributed by atoms with E-state index in [2.05, 4.69) is 10.6 Å². The van der Waals surface area contributed by atoms with Crippen LogP contribution in [0.2, 0.25) is 0 Å². The van der Waals surface area contributed by atoms with Crippen molar-refractivity contribution in [3.05, 3.63) is 0 Å². The van der Waals surface area contributed by atoms with E-state index < -0.39 is 5.54 Å². The summed E-state index contributed by atoms with van der Waals surface area (Å²) in [6, 6.07) is 0. The van der Waals surface area contributed by atoms with E-state index in [4.69, 9.17) is 5.11 Å². The summed E-state index contributed by atoms with van der Waals surface area (Å²) in [5.41, 5.74) is -0.394. The Hall–Kier alpha value is -0.610. The average Bonchev–Trinajstić information content (AvgIpc) is 2.62. The Morgan fingerprint density at radius 1 is 1.71 bits per heavy atom. The highest BCUT2D eigenvalue weighted by molar-refractivity contribution is 5.86. The molecule has 82 valence electrons. The molecule has 2 unspecified atom stereocenters. The third-order valence-corrected chi connectivity index (χ3v) is 2.79. The molecule has 14 heavy (non-hydrogen) atoms. The maximum atomic E-state index is 11.7. The number of carbonyl (C=O) groups excluding carboxylic acids is 1. The first kappa shape index (κ1) is 11.5. The van der Waals surface area contributed by atoms with Crippen molar-refractivity contribution >= 4 is 5.91 Å². The van der Waals surface area contributed by atoms with E-state index in [1.165, 1.54) is 0 Å². The predicted molar refractivity (Wildman–Crippen MR) is 54.9 cm³/mol. The summed E-state index contributed by atoms with van der Waals surface area (Å²) in [6.07, 6.45) is 1.95. The highest BCUT2D eigenvalue weighted by Gasteiger charge is 2.35. The van der Waals surface area contributed by atoms with Crippen LogP contribution >= 0.6 is 0 Å². The normalized spacial score (nSPS) is 28.8. The molecule has 0 aromatic rings. The zero-order chi connectivity index (χ0) is 10.6. The van der Waals surface area contributed by atoms with Gasteiger partial charge in [-0.3, -0.25) is 4.79 Å². The smallest absolute Gasteiger partial charge is 0.240 e. The van der Waals surface area contributed by atoms with E-state index in [0.717, 1.165) is 19.4 Å². The van der Waals surface area contributed by atoms with Gasteiger partial charge in [-0.15, -0.1) is 0 Å². The lowest BCUT2D eigenvalue weighted by Crippen LogP contribution is -2.52. The summed E-state index contributed by atoms with van der Waals surface area (Å²) in [5.74, 6) is 0.180. The predicted octanol–water partition coefficient (Wildman–Crippen LogP) is -0.127. The van der Waals surface area contributed by atoms with Gasteiger partial charge in [0.05, 0.1) is 5.54 Å². The third-order valence-electron chi connectivity index (χ3n) is 2.79. The van der Waals surface area contributed by atoms with E-state index in [1.807, 2.05) is 13.8 Å². The van der Waals surface area contributed by atoms with Gasteiger partial charge in [-0.1, -0.05) is 6.92 Å². The van der Waals surface area contributed by atoms with Crippen molar-refractivity contribution in [1.82, 2.24) is 10.6 Å². The van der Waals surface area contributed by atoms with Gasteiger partial charge < -0.3 is 15.7 Å². The van der Waals surface area contributed by atoms with Crippen LogP contribution in [-0.2, 0) is 4.79 Å². The van der Waals surface area contributed by atoms with E-state index in [1.54, 1.807) is 0 Å². The molecule has 1 aliphatic heterocycles. The van der Waals surface area contributed by atoms with Gasteiger partial charge in [-0.2, -0.15) is 0 Å². The zero-order valence-electron chi connectivity index (χ0n) is 8.97. The van der Waals surface area contributed by atoms with Crippen LogP contribution in [0, 0.1) is 5.92 Å². The topological polar surface area (TPSA) is 61.4 Å². The average molecular weight is 200 g/mol. The number of hydrogen-bond acceptors (Lipinski definition) is 3. The Bertz CT molecular complexity index is 200. The van der Waals surface area contributed by atoms with Crippen molar-refractivity contribution < 1.29 is 9.90 Å². The molecule has 4 nitrogen and oxygen atoms in total. The number of nitrogens with one attached hydrogen (secondary N) is 2. The lowest BCUT2D eigenvalue weighted by Gasteiger charge is -2.23. The van der Waals surface area contributed by atoms with Crippen molar-refractivity contribution in [3.8, 4) is 0 Å². The number of aliphatic hydroxyl groups excluding tert-OH is 1. The Balaban J connectivity index is 2.34. The van der Waals surface area contributed by atoms with Gasteiger partial charge in [-0.25, -0.2) is 0 Å². The number of hydrogen-bond donors (Lipinski definition) is 3. The van der Waals surface area contributed by atoms with E-state index in [-0.39, 0.29) is 18.4 Å². The van der Waals surface area contributed by atoms with Crippen molar-refractivity contribution in [3.63, 3.8) is 0 Å². The van der Waals surface area contributed by atoms with Crippen LogP contribution in [0.4, 0.5) is 0 Å². The molecular formula is C10H20N2O2. The first-order chi connectivity index (χ1) is 6.58. The highest BCUT2D eigenvalue weighted by atomic mass is 16.3. The van der Waals surface area contributed by atoms with Gasteiger partial charge in [0.15, 0.2) is 0 Å². The molecule has 1 amide bonds. The molecule has 1 fully saturated rings. The van der Waals surface area contributed by atoms with Crippen LogP contribution < -0.4 is 10.6 Å². The molecule has 0 bridgehead atoms. The zero-order valence-corrected chi connectivity index (χ0v) is 8.97. The molecule has 1 saturated heterocycles. The van der Waals surface area contributed by atoms with Gasteiger partial charge in [0, 0.05) is 13.2 Å². The molecule has 0 aliphatic carbocycles. The minimum absolute atomic E-state index is 0.0512. The number of rotatable bonds is 4. The summed E-state index contributed by atoms with van der Waals surface area (Å²) in [5, 5.41) is 14.9. The minimum Gasteiger partial charge on any atom is -0.396 e. The van der Waals surface area contributed by atoms with Gasteiger partial charge >= 0.3 is 0 Å². The van der Waals surface area contributed by atoms with Gasteiger partial charge in [0.2, 0.25) is 5.91 Å². The standard InChI is InChI=1S/C10H20N2O2/c1-8(7-13)6-11-9(14)10(2)4-3-5-12-10/h8,12-13H,3-7H2,1-2H3,(H,11,14). The molecular weight excluding hydrogens is 180 g/mol. The first-order valence-electron chi connectivity index (χ1n) is 5.22. The summed E-state index contributed by atoms with van der Waals surface area (Å²) in [6.45, 7) is 5.42. The molecule has 4 heteroatoms. The Labute approximate surface area is 85.1 Å². The Kier molecular flexibility index (Phi) is 3.89. The highest BCUT2D eigenvalue weighted by Crippen LogP contribution is 2.18. The van der Waals surface area contributed by atoms with Gasteiger partial charge in [0.25, 0.3) is 0 Å². The Morgan fingerprint density at radius 2 is 2.43 bits per heavy atom. The first-order valence-corrected chi connectivity index (χ1v) is 5.22. The third kappa shape index (κ3) is 2.69. The summed E-state index contributed by atoms with van der Waals surface area (Å²) < 4.78 is 0. The van der Waals surface area contributed by atoms with E-state index >= 15 is 0 Å². The molecule has 0 spiro atoms. The minimum atomic E-state index is -0.394. The van der Waals surface area contributed by atoms with Crippen LogP contribution in [0.3, 0.4) is 0 Å². The van der Waals surface area contributed by atoms with Gasteiger partial charge in [0.1, 0.15) is 0 Å². The molecule has 0 aromatic heterocycles. The van der Waals surface area contributed by atoms with Crippen LogP contribution in [0.5, 0.6) is 0 Å². The summed E-state index contributed by atoms with van der Waals surface area (Å²) in [7, 11) is 0. The largest absolute Gasteiger partial charge is 0.396 e. The second-order valence-electron chi connectivity index (χ2n) is 4.36. The molecule has 3 N–H and O–H groups in total. The summed E-state index contributed by atoms with van der Waals surface area (Å²) in [4.78, 5) is 11.7. The summed E-state index contributed by atoms with van der Waals surface area (Å²) >= 11 is 0. The fourth-order valence-electron chi connectivity index (χ4n) is 1.61. The lowest BCUT2D eigenvalue weighted by atomic mass is 9.99. The number of carbonyl (C=O) groups is 1. The van der Waals surface area contributed by atoms with E-state index in [0.29, 0.717) is 6.54 Å². The van der Waals surface area contributed by atoms with Crippen LogP contribution in [0.25, 0.3) is 0 Å². The van der Waals surface area contributed by atoms with Crippen molar-refractivity contribution in [2.45, 2.75) is 32.2 Å². The maximum absolute atomic E-state index is 11.7. The molecule has 0 saturated carbocycles. The fraction of sp³-hybridized carbons (Fsp3) is 0.900. The second-order valence-corrected chi connectivity index (χ2v) is 4.36. The lowest BCUT2D eigenvalue weighted by molar-refractivity contribution is -0.126. The monoisotopic (exact) mass is 200 g/mol. The Morgan fingerprint density at radius 3 is 2.93 bits per heavy atom. The van der Waals surface area contributed by atoms with Crippen LogP contribution in [-0.4, -0.2) is 36.2 Å². The van der Waals surface area contributed by atoms with Crippen LogP contribution in [0.1, 0.15) is 26.7 Å². The van der Waals surface area contributed by atoms with Crippen molar-refractivity contribution in [1.29, 1.82) is 0 Å². The van der Waals surface area contributed by atoms with Gasteiger partial charge in [-0.05, 0) is 32.2 Å². The SMILES string of the molecule is CC(CO)CNC(=O)C1(C)CCCN1. The molecule has 0 radical (unpaired) electrons. The van der Waals surface area contributed by atoms with Crippen molar-refractivity contribution in [2.75, 3.05) is 19.7 Å². The number of aliphatic hydroxyl groups is 1. The second kappa shape index (κ2) is 4.75. The molecule has 2 atom stereocenters.